The van der Waals surface area contributed by atoms with Crippen LogP contribution in [0, 0.1) is 0 Å². The monoisotopic (exact) mass is 332 g/mol. The van der Waals surface area contributed by atoms with E-state index < -0.39 is 0 Å². The predicted molar refractivity (Wildman–Crippen MR) is 89.5 cm³/mol. The highest BCUT2D eigenvalue weighted by Gasteiger charge is 2.21. The minimum Gasteiger partial charge on any atom is -0.496 e. The van der Waals surface area contributed by atoms with E-state index in [2.05, 4.69) is 10.1 Å². The zero-order chi connectivity index (χ0) is 17.4. The minimum atomic E-state index is -0.0387. The van der Waals surface area contributed by atoms with Crippen LogP contribution < -0.4 is 4.74 Å². The summed E-state index contributed by atoms with van der Waals surface area (Å²) < 4.78 is 12.3. The van der Waals surface area contributed by atoms with Gasteiger partial charge in [-0.3, -0.25) is 9.48 Å². The molecule has 2 aromatic rings. The van der Waals surface area contributed by atoms with Gasteiger partial charge in [0.05, 0.1) is 26.3 Å². The first-order valence-corrected chi connectivity index (χ1v) is 7.88. The molecule has 0 unspecified atom stereocenters. The van der Waals surface area contributed by atoms with Crippen molar-refractivity contribution in [3.05, 3.63) is 42.5 Å². The van der Waals surface area contributed by atoms with E-state index in [1.54, 1.807) is 25.2 Å². The number of para-hydroxylation sites is 1. The van der Waals surface area contributed by atoms with E-state index in [9.17, 15) is 4.79 Å². The van der Waals surface area contributed by atoms with Crippen LogP contribution >= 0.6 is 0 Å². The first-order valence-electron chi connectivity index (χ1n) is 7.88. The fraction of sp³-hybridized carbons (Fsp3) is 0.471. The summed E-state index contributed by atoms with van der Waals surface area (Å²) >= 11 is 0. The molecule has 7 nitrogen and oxygen atoms in total. The van der Waals surface area contributed by atoms with Crippen molar-refractivity contribution in [2.24, 2.45) is 0 Å². The second-order valence-electron chi connectivity index (χ2n) is 5.55. The Kier molecular flexibility index (Phi) is 6.74. The van der Waals surface area contributed by atoms with Crippen molar-refractivity contribution in [3.63, 3.8) is 0 Å². The molecule has 0 aliphatic carbocycles. The van der Waals surface area contributed by atoms with Gasteiger partial charge in [0.2, 0.25) is 5.91 Å². The molecule has 1 amide bonds. The molecule has 0 N–H and O–H groups in total. The van der Waals surface area contributed by atoms with Crippen LogP contribution in [0.2, 0.25) is 0 Å². The predicted octanol–water partition coefficient (Wildman–Crippen LogP) is 1.74. The standard InChI is InChI=1S/C17H24N4O3/c1-14(11-23-2)21(10-15-6-4-5-7-16(15)24-3)17(22)8-9-20-13-18-12-19-20/h4-7,12-14H,8-11H2,1-3H3/t14-/m0/s1. The maximum atomic E-state index is 12.7. The van der Waals surface area contributed by atoms with E-state index in [4.69, 9.17) is 9.47 Å². The Morgan fingerprint density at radius 1 is 1.33 bits per heavy atom. The number of amides is 1. The van der Waals surface area contributed by atoms with Gasteiger partial charge in [0.25, 0.3) is 0 Å². The van der Waals surface area contributed by atoms with Gasteiger partial charge < -0.3 is 14.4 Å². The van der Waals surface area contributed by atoms with Gasteiger partial charge in [0.15, 0.2) is 0 Å². The summed E-state index contributed by atoms with van der Waals surface area (Å²) in [4.78, 5) is 18.4. The first-order chi connectivity index (χ1) is 11.7. The third-order valence-electron chi connectivity index (χ3n) is 3.81. The molecular weight excluding hydrogens is 308 g/mol. The summed E-state index contributed by atoms with van der Waals surface area (Å²) in [5.41, 5.74) is 0.969. The van der Waals surface area contributed by atoms with Crippen LogP contribution in [0.25, 0.3) is 0 Å². The lowest BCUT2D eigenvalue weighted by atomic mass is 10.1. The van der Waals surface area contributed by atoms with Gasteiger partial charge in [0, 0.05) is 25.6 Å². The Hall–Kier alpha value is -2.41. The molecule has 2 rings (SSSR count). The summed E-state index contributed by atoms with van der Waals surface area (Å²) in [5.74, 6) is 0.817. The topological polar surface area (TPSA) is 69.5 Å². The number of hydrogen-bond donors (Lipinski definition) is 0. The molecule has 0 bridgehead atoms. The van der Waals surface area contributed by atoms with Crippen LogP contribution in [0.15, 0.2) is 36.9 Å². The van der Waals surface area contributed by atoms with Crippen molar-refractivity contribution < 1.29 is 14.3 Å². The number of hydrogen-bond acceptors (Lipinski definition) is 5. The summed E-state index contributed by atoms with van der Waals surface area (Å²) in [6.45, 7) is 3.43. The SMILES string of the molecule is COC[C@H](C)N(Cc1ccccc1OC)C(=O)CCn1cncn1. The van der Waals surface area contributed by atoms with Crippen LogP contribution in [0.5, 0.6) is 5.75 Å². The zero-order valence-corrected chi connectivity index (χ0v) is 14.4. The Morgan fingerprint density at radius 2 is 2.12 bits per heavy atom. The zero-order valence-electron chi connectivity index (χ0n) is 14.4. The molecule has 0 aliphatic rings. The third-order valence-corrected chi connectivity index (χ3v) is 3.81. The lowest BCUT2D eigenvalue weighted by molar-refractivity contribution is -0.135. The molecule has 0 radical (unpaired) electrons. The van der Waals surface area contributed by atoms with E-state index in [1.165, 1.54) is 6.33 Å². The van der Waals surface area contributed by atoms with Crippen molar-refractivity contribution in [1.82, 2.24) is 19.7 Å². The number of rotatable bonds is 9. The molecule has 0 aliphatic heterocycles. The molecule has 0 fully saturated rings. The fourth-order valence-corrected chi connectivity index (χ4v) is 2.54. The molecule has 0 saturated carbocycles. The molecule has 130 valence electrons. The number of ether oxygens (including phenoxy) is 2. The first kappa shape index (κ1) is 17.9. The van der Waals surface area contributed by atoms with Crippen molar-refractivity contribution in [3.8, 4) is 5.75 Å². The molecule has 7 heteroatoms. The van der Waals surface area contributed by atoms with Crippen molar-refractivity contribution >= 4 is 5.91 Å². The average molecular weight is 332 g/mol. The lowest BCUT2D eigenvalue weighted by Gasteiger charge is -2.29. The molecule has 0 saturated heterocycles. The number of methoxy groups -OCH3 is 2. The highest BCUT2D eigenvalue weighted by Crippen LogP contribution is 2.21. The normalized spacial score (nSPS) is 12.0. The Labute approximate surface area is 142 Å². The van der Waals surface area contributed by atoms with Gasteiger partial charge in [-0.25, -0.2) is 4.98 Å². The van der Waals surface area contributed by atoms with Crippen LogP contribution in [0.1, 0.15) is 18.9 Å². The largest absolute Gasteiger partial charge is 0.496 e. The molecule has 24 heavy (non-hydrogen) atoms. The third kappa shape index (κ3) is 4.79. The molecule has 1 aromatic carbocycles. The quantitative estimate of drug-likeness (QED) is 0.699. The van der Waals surface area contributed by atoms with Crippen molar-refractivity contribution in [2.45, 2.75) is 32.5 Å². The highest BCUT2D eigenvalue weighted by atomic mass is 16.5. The van der Waals surface area contributed by atoms with Crippen molar-refractivity contribution in [1.29, 1.82) is 0 Å². The van der Waals surface area contributed by atoms with Gasteiger partial charge in [-0.15, -0.1) is 0 Å². The summed E-state index contributed by atoms with van der Waals surface area (Å²) in [6.07, 6.45) is 3.42. The van der Waals surface area contributed by atoms with E-state index in [1.807, 2.05) is 36.1 Å². The van der Waals surface area contributed by atoms with Gasteiger partial charge in [-0.05, 0) is 13.0 Å². The molecule has 0 spiro atoms. The summed E-state index contributed by atoms with van der Waals surface area (Å²) in [6, 6.07) is 7.68. The number of carbonyl (C=O) groups is 1. The average Bonchev–Trinajstić information content (AvgIpc) is 3.11. The molecular formula is C17H24N4O3. The van der Waals surface area contributed by atoms with Crippen LogP contribution in [-0.2, 0) is 22.6 Å². The van der Waals surface area contributed by atoms with Gasteiger partial charge >= 0.3 is 0 Å². The second kappa shape index (κ2) is 9.02. The van der Waals surface area contributed by atoms with Crippen LogP contribution in [0.3, 0.4) is 0 Å². The Bertz CT molecular complexity index is 631. The number of benzene rings is 1. The van der Waals surface area contributed by atoms with Crippen LogP contribution in [0.4, 0.5) is 0 Å². The van der Waals surface area contributed by atoms with E-state index in [0.717, 1.165) is 11.3 Å². The molecule has 1 heterocycles. The maximum Gasteiger partial charge on any atom is 0.225 e. The van der Waals surface area contributed by atoms with Crippen molar-refractivity contribution in [2.75, 3.05) is 20.8 Å². The van der Waals surface area contributed by atoms with Gasteiger partial charge in [-0.1, -0.05) is 18.2 Å². The summed E-state index contributed by atoms with van der Waals surface area (Å²) in [5, 5.41) is 4.03. The number of nitrogens with zero attached hydrogens (tertiary/aromatic N) is 4. The molecule has 1 aromatic heterocycles. The Balaban J connectivity index is 2.09. The van der Waals surface area contributed by atoms with E-state index in [-0.39, 0.29) is 11.9 Å². The maximum absolute atomic E-state index is 12.7. The molecule has 1 atom stereocenters. The number of aromatic nitrogens is 3. The van der Waals surface area contributed by atoms with Crippen LogP contribution in [-0.4, -0.2) is 52.4 Å². The summed E-state index contributed by atoms with van der Waals surface area (Å²) in [7, 11) is 3.27. The minimum absolute atomic E-state index is 0.0387. The Morgan fingerprint density at radius 3 is 2.79 bits per heavy atom. The van der Waals surface area contributed by atoms with Gasteiger partial charge in [0.1, 0.15) is 18.4 Å². The number of carbonyl (C=O) groups excluding carboxylic acids is 1. The van der Waals surface area contributed by atoms with E-state index in [0.29, 0.717) is 26.1 Å². The smallest absolute Gasteiger partial charge is 0.225 e. The number of aryl methyl sites for hydroxylation is 1. The highest BCUT2D eigenvalue weighted by molar-refractivity contribution is 5.76. The second-order valence-corrected chi connectivity index (χ2v) is 5.55. The van der Waals surface area contributed by atoms with Gasteiger partial charge in [-0.2, -0.15) is 5.10 Å². The fourth-order valence-electron chi connectivity index (χ4n) is 2.54. The van der Waals surface area contributed by atoms with E-state index >= 15 is 0 Å². The lowest BCUT2D eigenvalue weighted by Crippen LogP contribution is -2.41.